The van der Waals surface area contributed by atoms with Gasteiger partial charge in [0.15, 0.2) is 6.10 Å². The molecule has 41 heavy (non-hydrogen) atoms. The molecule has 0 saturated carbocycles. The van der Waals surface area contributed by atoms with Crippen molar-refractivity contribution in [2.75, 3.05) is 5.88 Å². The summed E-state index contributed by atoms with van der Waals surface area (Å²) in [7, 11) is 0. The third-order valence-electron chi connectivity index (χ3n) is 6.59. The van der Waals surface area contributed by atoms with E-state index < -0.39 is 65.1 Å². The summed E-state index contributed by atoms with van der Waals surface area (Å²) < 4.78 is 4.47. The van der Waals surface area contributed by atoms with Gasteiger partial charge in [0.25, 0.3) is 5.91 Å². The molecule has 1 aliphatic heterocycles. The van der Waals surface area contributed by atoms with Crippen LogP contribution in [0.25, 0.3) is 0 Å². The van der Waals surface area contributed by atoms with Crippen LogP contribution in [-0.2, 0) is 36.9 Å². The Morgan fingerprint density at radius 3 is 2.15 bits per heavy atom. The van der Waals surface area contributed by atoms with Gasteiger partial charge >= 0.3 is 6.09 Å². The van der Waals surface area contributed by atoms with Crippen LogP contribution in [0.1, 0.15) is 31.4 Å². The second-order valence-electron chi connectivity index (χ2n) is 10.2. The molecule has 13 heteroatoms. The highest BCUT2D eigenvalue weighted by Crippen LogP contribution is 2.39. The smallest absolute Gasteiger partial charge is 0.408 e. The average Bonchev–Trinajstić information content (AvgIpc) is 3.26. The molecule has 12 nitrogen and oxygen atoms in total. The van der Waals surface area contributed by atoms with Crippen molar-refractivity contribution in [2.45, 2.75) is 62.3 Å². The van der Waals surface area contributed by atoms with Gasteiger partial charge in [0.2, 0.25) is 17.7 Å². The number of hydrogen-bond donors (Lipinski definition) is 5. The monoisotopic (exact) mass is 585 g/mol. The fourth-order valence-electron chi connectivity index (χ4n) is 4.50. The number of nitrogens with two attached hydrogens (primary N) is 2. The van der Waals surface area contributed by atoms with E-state index in [0.717, 1.165) is 0 Å². The van der Waals surface area contributed by atoms with E-state index in [9.17, 15) is 29.1 Å². The number of amides is 5. The van der Waals surface area contributed by atoms with Crippen LogP contribution in [0, 0.1) is 0 Å². The summed E-state index contributed by atoms with van der Waals surface area (Å²) >= 11 is 1.33. The van der Waals surface area contributed by atoms with Crippen LogP contribution >= 0.6 is 11.8 Å². The third kappa shape index (κ3) is 8.69. The van der Waals surface area contributed by atoms with E-state index >= 15 is 0 Å². The van der Waals surface area contributed by atoms with E-state index in [1.807, 2.05) is 0 Å². The summed E-state index contributed by atoms with van der Waals surface area (Å²) in [5.74, 6) is -3.14. The second kappa shape index (κ2) is 14.0. The highest BCUT2D eigenvalue weighted by molar-refractivity contribution is 8.00. The zero-order valence-electron chi connectivity index (χ0n) is 22.8. The number of carbonyl (C=O) groups excluding carboxylic acids is 5. The van der Waals surface area contributed by atoms with Gasteiger partial charge in [-0.1, -0.05) is 60.7 Å². The normalized spacial score (nSPS) is 18.0. The maximum atomic E-state index is 13.4. The van der Waals surface area contributed by atoms with Crippen LogP contribution in [-0.4, -0.2) is 74.6 Å². The molecule has 1 saturated heterocycles. The van der Waals surface area contributed by atoms with E-state index in [2.05, 4.69) is 10.6 Å². The number of benzene rings is 2. The van der Waals surface area contributed by atoms with Crippen LogP contribution < -0.4 is 22.1 Å². The lowest BCUT2D eigenvalue weighted by Crippen LogP contribution is -2.60. The van der Waals surface area contributed by atoms with Crippen molar-refractivity contribution in [1.82, 2.24) is 15.5 Å². The number of hydrogen-bond acceptors (Lipinski definition) is 8. The third-order valence-corrected chi connectivity index (χ3v) is 7.96. The number of aliphatic hydroxyl groups is 1. The number of aliphatic hydroxyl groups excluding tert-OH is 1. The van der Waals surface area contributed by atoms with Crippen molar-refractivity contribution in [3.05, 3.63) is 71.8 Å². The molecule has 0 radical (unpaired) electrons. The number of ether oxygens (including phenoxy) is 1. The molecule has 1 fully saturated rings. The zero-order chi connectivity index (χ0) is 30.2. The molecule has 1 heterocycles. The summed E-state index contributed by atoms with van der Waals surface area (Å²) in [6.07, 6.45) is -3.29. The Morgan fingerprint density at radius 1 is 1.00 bits per heavy atom. The Balaban J connectivity index is 1.78. The topological polar surface area (TPSA) is 194 Å². The molecular weight excluding hydrogens is 550 g/mol. The van der Waals surface area contributed by atoms with Gasteiger partial charge in [0.1, 0.15) is 18.7 Å². The number of primary amides is 2. The summed E-state index contributed by atoms with van der Waals surface area (Å²) in [5.41, 5.74) is 12.3. The van der Waals surface area contributed by atoms with Crippen LogP contribution in [0.15, 0.2) is 60.7 Å². The molecule has 1 aliphatic rings. The predicted molar refractivity (Wildman–Crippen MR) is 152 cm³/mol. The molecule has 0 spiro atoms. The van der Waals surface area contributed by atoms with Gasteiger partial charge < -0.3 is 36.8 Å². The summed E-state index contributed by atoms with van der Waals surface area (Å²) in [5, 5.41) is 16.1. The maximum Gasteiger partial charge on any atom is 0.408 e. The second-order valence-corrected chi connectivity index (χ2v) is 11.8. The van der Waals surface area contributed by atoms with Gasteiger partial charge in [-0.15, -0.1) is 11.8 Å². The Morgan fingerprint density at radius 2 is 1.59 bits per heavy atom. The molecule has 0 aromatic heterocycles. The van der Waals surface area contributed by atoms with Crippen LogP contribution in [0.4, 0.5) is 4.79 Å². The SMILES string of the molecule is CC1(C)SCN(C(=O)[C@@H](O)[C@H](Cc2ccccc2)NC(=O)[C@H](CC(N)=O)NC(=O)OCc2ccccc2)[C@@H]1C(N)=O. The zero-order valence-corrected chi connectivity index (χ0v) is 23.6. The molecule has 7 N–H and O–H groups in total. The molecule has 3 rings (SSSR count). The van der Waals surface area contributed by atoms with E-state index in [-0.39, 0.29) is 18.9 Å². The van der Waals surface area contributed by atoms with Gasteiger partial charge in [0, 0.05) is 4.75 Å². The number of nitrogens with zero attached hydrogens (tertiary/aromatic N) is 1. The molecule has 220 valence electrons. The largest absolute Gasteiger partial charge is 0.445 e. The molecule has 2 aromatic rings. The van der Waals surface area contributed by atoms with Crippen molar-refractivity contribution >= 4 is 41.5 Å². The Hall–Kier alpha value is -4.10. The highest BCUT2D eigenvalue weighted by atomic mass is 32.2. The number of rotatable bonds is 12. The quantitative estimate of drug-likeness (QED) is 0.236. The molecule has 0 aliphatic carbocycles. The summed E-state index contributed by atoms with van der Waals surface area (Å²) in [6.45, 7) is 3.46. The number of alkyl carbamates (subject to hydrolysis) is 1. The minimum atomic E-state index is -1.78. The molecule has 4 atom stereocenters. The Bertz CT molecular complexity index is 1240. The van der Waals surface area contributed by atoms with Crippen molar-refractivity contribution in [3.8, 4) is 0 Å². The van der Waals surface area contributed by atoms with E-state index in [1.165, 1.54) is 16.7 Å². The van der Waals surface area contributed by atoms with Crippen molar-refractivity contribution in [2.24, 2.45) is 11.5 Å². The van der Waals surface area contributed by atoms with E-state index in [0.29, 0.717) is 11.1 Å². The highest BCUT2D eigenvalue weighted by Gasteiger charge is 2.49. The lowest BCUT2D eigenvalue weighted by molar-refractivity contribution is -0.147. The first-order chi connectivity index (χ1) is 19.4. The van der Waals surface area contributed by atoms with Crippen LogP contribution in [0.3, 0.4) is 0 Å². The number of nitrogens with one attached hydrogen (secondary N) is 2. The predicted octanol–water partition coefficient (Wildman–Crippen LogP) is 0.411. The average molecular weight is 586 g/mol. The van der Waals surface area contributed by atoms with Gasteiger partial charge in [-0.2, -0.15) is 0 Å². The minimum absolute atomic E-state index is 0.0207. The van der Waals surface area contributed by atoms with Crippen LogP contribution in [0.2, 0.25) is 0 Å². The summed E-state index contributed by atoms with van der Waals surface area (Å²) in [4.78, 5) is 64.3. The Kier molecular flexibility index (Phi) is 10.7. The molecule has 0 bridgehead atoms. The number of thioether (sulfide) groups is 1. The fraction of sp³-hybridized carbons (Fsp3) is 0.393. The van der Waals surface area contributed by atoms with E-state index in [4.69, 9.17) is 16.2 Å². The van der Waals surface area contributed by atoms with Crippen molar-refractivity contribution in [3.63, 3.8) is 0 Å². The minimum Gasteiger partial charge on any atom is -0.445 e. The lowest BCUT2D eigenvalue weighted by Gasteiger charge is -2.32. The van der Waals surface area contributed by atoms with Crippen molar-refractivity contribution < 1.29 is 33.8 Å². The number of carbonyl (C=O) groups is 5. The first-order valence-electron chi connectivity index (χ1n) is 12.9. The van der Waals surface area contributed by atoms with Gasteiger partial charge in [-0.05, 0) is 31.4 Å². The summed E-state index contributed by atoms with van der Waals surface area (Å²) in [6, 6.07) is 14.0. The van der Waals surface area contributed by atoms with E-state index in [1.54, 1.807) is 74.5 Å². The molecule has 2 aromatic carbocycles. The first kappa shape index (κ1) is 31.4. The molecular formula is C28H35N5O7S. The lowest BCUT2D eigenvalue weighted by atomic mass is 9.97. The standard InChI is InChI=1S/C28H35N5O7S/c1-28(2)23(24(30)36)33(16-41-28)26(38)22(35)19(13-17-9-5-3-6-10-17)31-25(37)20(14-21(29)34)32-27(39)40-15-18-11-7-4-8-12-18/h3-12,19-20,22-23,35H,13-16H2,1-2H3,(H2,29,34)(H2,30,36)(H,31,37)(H,32,39)/t19-,20-,22-,23+/m0/s1. The van der Waals surface area contributed by atoms with Gasteiger partial charge in [-0.25, -0.2) is 4.79 Å². The molecule has 5 amide bonds. The fourth-order valence-corrected chi connectivity index (χ4v) is 5.65. The first-order valence-corrected chi connectivity index (χ1v) is 13.9. The molecule has 0 unspecified atom stereocenters. The van der Waals surface area contributed by atoms with Crippen molar-refractivity contribution in [1.29, 1.82) is 0 Å². The van der Waals surface area contributed by atoms with Gasteiger partial charge in [0.05, 0.1) is 18.3 Å². The van der Waals surface area contributed by atoms with Gasteiger partial charge in [-0.3, -0.25) is 19.2 Å². The maximum absolute atomic E-state index is 13.4. The Labute approximate surface area is 242 Å². The van der Waals surface area contributed by atoms with Crippen LogP contribution in [0.5, 0.6) is 0 Å².